The van der Waals surface area contributed by atoms with Crippen LogP contribution in [0.2, 0.25) is 0 Å². The highest BCUT2D eigenvalue weighted by atomic mass is 79.9. The van der Waals surface area contributed by atoms with Crippen LogP contribution in [0.25, 0.3) is 0 Å². The molecule has 0 bridgehead atoms. The fourth-order valence-corrected chi connectivity index (χ4v) is 3.21. The summed E-state index contributed by atoms with van der Waals surface area (Å²) in [5.41, 5.74) is 3.68. The maximum Gasteiger partial charge on any atom is 0.124 e. The first-order chi connectivity index (χ1) is 9.22. The van der Waals surface area contributed by atoms with Crippen LogP contribution in [0.1, 0.15) is 17.5 Å². The van der Waals surface area contributed by atoms with Crippen LogP contribution < -0.4 is 4.90 Å². The van der Waals surface area contributed by atoms with Gasteiger partial charge in [-0.25, -0.2) is 4.39 Å². The van der Waals surface area contributed by atoms with Gasteiger partial charge in [-0.2, -0.15) is 0 Å². The van der Waals surface area contributed by atoms with E-state index in [1.807, 2.05) is 6.07 Å². The minimum atomic E-state index is -0.185. The van der Waals surface area contributed by atoms with Gasteiger partial charge in [-0.1, -0.05) is 34.1 Å². The summed E-state index contributed by atoms with van der Waals surface area (Å²) in [6.45, 7) is 1.79. The molecule has 2 aromatic carbocycles. The van der Waals surface area contributed by atoms with Gasteiger partial charge in [-0.15, -0.1) is 0 Å². The fourth-order valence-electron chi connectivity index (χ4n) is 2.70. The second-order valence-corrected chi connectivity index (χ2v) is 5.85. The summed E-state index contributed by atoms with van der Waals surface area (Å²) in [7, 11) is 0. The Bertz CT molecular complexity index is 577. The van der Waals surface area contributed by atoms with Crippen molar-refractivity contribution in [1.29, 1.82) is 0 Å². The molecular weight excluding hydrogens is 305 g/mol. The number of fused-ring (bicyclic) bond motifs is 1. The van der Waals surface area contributed by atoms with Crippen LogP contribution in [0, 0.1) is 5.82 Å². The van der Waals surface area contributed by atoms with Gasteiger partial charge in [0, 0.05) is 23.2 Å². The number of benzene rings is 2. The molecule has 0 saturated carbocycles. The van der Waals surface area contributed by atoms with Crippen LogP contribution in [-0.2, 0) is 13.0 Å². The van der Waals surface area contributed by atoms with Crippen molar-refractivity contribution in [3.8, 4) is 0 Å². The lowest BCUT2D eigenvalue weighted by molar-refractivity contribution is 0.621. The predicted octanol–water partition coefficient (Wildman–Crippen LogP) is 4.54. The van der Waals surface area contributed by atoms with Gasteiger partial charge in [0.25, 0.3) is 0 Å². The van der Waals surface area contributed by atoms with Crippen LogP contribution in [0.15, 0.2) is 46.9 Å². The van der Waals surface area contributed by atoms with E-state index in [4.69, 9.17) is 0 Å². The van der Waals surface area contributed by atoms with Gasteiger partial charge < -0.3 is 4.90 Å². The lowest BCUT2D eigenvalue weighted by Gasteiger charge is -2.31. The minimum Gasteiger partial charge on any atom is -0.367 e. The Balaban J connectivity index is 1.88. The van der Waals surface area contributed by atoms with E-state index < -0.39 is 0 Å². The molecule has 1 aliphatic rings. The third-order valence-electron chi connectivity index (χ3n) is 3.50. The predicted molar refractivity (Wildman–Crippen MR) is 79.9 cm³/mol. The summed E-state index contributed by atoms with van der Waals surface area (Å²) >= 11 is 3.35. The van der Waals surface area contributed by atoms with Crippen molar-refractivity contribution < 1.29 is 4.39 Å². The fraction of sp³-hybridized carbons (Fsp3) is 0.250. The highest BCUT2D eigenvalue weighted by molar-refractivity contribution is 9.10. The van der Waals surface area contributed by atoms with Crippen molar-refractivity contribution in [3.63, 3.8) is 0 Å². The van der Waals surface area contributed by atoms with E-state index in [0.29, 0.717) is 0 Å². The molecule has 19 heavy (non-hydrogen) atoms. The number of aryl methyl sites for hydroxylation is 1. The zero-order valence-electron chi connectivity index (χ0n) is 10.6. The summed E-state index contributed by atoms with van der Waals surface area (Å²) < 4.78 is 14.2. The van der Waals surface area contributed by atoms with Gasteiger partial charge >= 0.3 is 0 Å². The number of nitrogens with zero attached hydrogens (tertiary/aromatic N) is 1. The van der Waals surface area contributed by atoms with Crippen LogP contribution in [0.3, 0.4) is 0 Å². The Kier molecular flexibility index (Phi) is 3.56. The summed E-state index contributed by atoms with van der Waals surface area (Å²) in [6.07, 6.45) is 2.30. The van der Waals surface area contributed by atoms with Gasteiger partial charge in [-0.3, -0.25) is 0 Å². The molecule has 0 aliphatic carbocycles. The molecule has 0 radical (unpaired) electrons. The first-order valence-corrected chi connectivity index (χ1v) is 7.29. The molecule has 0 fully saturated rings. The maximum absolute atomic E-state index is 13.4. The van der Waals surface area contributed by atoms with Gasteiger partial charge in [0.2, 0.25) is 0 Å². The van der Waals surface area contributed by atoms with Crippen LogP contribution in [0.5, 0.6) is 0 Å². The van der Waals surface area contributed by atoms with E-state index in [2.05, 4.69) is 45.1 Å². The van der Waals surface area contributed by atoms with Gasteiger partial charge in [0.05, 0.1) is 0 Å². The highest BCUT2D eigenvalue weighted by Gasteiger charge is 2.16. The molecule has 0 spiro atoms. The molecule has 3 rings (SSSR count). The average Bonchev–Trinajstić information content (AvgIpc) is 2.38. The van der Waals surface area contributed by atoms with Gasteiger partial charge in [0.15, 0.2) is 0 Å². The molecule has 0 unspecified atom stereocenters. The Hall–Kier alpha value is -1.35. The SMILES string of the molecule is Fc1cc(Br)cc(CN2CCCc3ccccc32)c1. The van der Waals surface area contributed by atoms with E-state index in [1.165, 1.54) is 17.3 Å². The normalized spacial score (nSPS) is 14.3. The summed E-state index contributed by atoms with van der Waals surface area (Å²) in [4.78, 5) is 2.33. The van der Waals surface area contributed by atoms with Gasteiger partial charge in [-0.05, 0) is 48.2 Å². The number of hydrogen-bond donors (Lipinski definition) is 0. The smallest absolute Gasteiger partial charge is 0.124 e. The molecule has 0 aromatic heterocycles. The lowest BCUT2D eigenvalue weighted by Crippen LogP contribution is -2.28. The summed E-state index contributed by atoms with van der Waals surface area (Å²) in [5, 5.41) is 0. The van der Waals surface area contributed by atoms with Crippen molar-refractivity contribution in [1.82, 2.24) is 0 Å². The van der Waals surface area contributed by atoms with Crippen LogP contribution >= 0.6 is 15.9 Å². The monoisotopic (exact) mass is 319 g/mol. The maximum atomic E-state index is 13.4. The minimum absolute atomic E-state index is 0.185. The van der Waals surface area contributed by atoms with Crippen molar-refractivity contribution in [2.75, 3.05) is 11.4 Å². The number of para-hydroxylation sites is 1. The molecule has 1 nitrogen and oxygen atoms in total. The van der Waals surface area contributed by atoms with E-state index >= 15 is 0 Å². The number of halogens is 2. The zero-order valence-corrected chi connectivity index (χ0v) is 12.2. The summed E-state index contributed by atoms with van der Waals surface area (Å²) in [5.74, 6) is -0.185. The molecule has 1 heterocycles. The van der Waals surface area contributed by atoms with Crippen molar-refractivity contribution in [3.05, 3.63) is 63.9 Å². The number of rotatable bonds is 2. The molecule has 1 aliphatic heterocycles. The molecule has 2 aromatic rings. The quantitative estimate of drug-likeness (QED) is 0.785. The molecular formula is C16H15BrFN. The Morgan fingerprint density at radius 2 is 2.00 bits per heavy atom. The number of hydrogen-bond acceptors (Lipinski definition) is 1. The Morgan fingerprint density at radius 1 is 1.16 bits per heavy atom. The lowest BCUT2D eigenvalue weighted by atomic mass is 10.0. The van der Waals surface area contributed by atoms with Crippen molar-refractivity contribution in [2.24, 2.45) is 0 Å². The van der Waals surface area contributed by atoms with Crippen molar-refractivity contribution in [2.45, 2.75) is 19.4 Å². The largest absolute Gasteiger partial charge is 0.367 e. The molecule has 0 amide bonds. The molecule has 98 valence electrons. The Morgan fingerprint density at radius 3 is 2.84 bits per heavy atom. The first-order valence-electron chi connectivity index (χ1n) is 6.50. The third-order valence-corrected chi connectivity index (χ3v) is 3.96. The van der Waals surface area contributed by atoms with Gasteiger partial charge in [0.1, 0.15) is 5.82 Å². The van der Waals surface area contributed by atoms with E-state index in [9.17, 15) is 4.39 Å². The average molecular weight is 320 g/mol. The second-order valence-electron chi connectivity index (χ2n) is 4.93. The molecule has 3 heteroatoms. The van der Waals surface area contributed by atoms with Crippen LogP contribution in [-0.4, -0.2) is 6.54 Å². The topological polar surface area (TPSA) is 3.24 Å². The van der Waals surface area contributed by atoms with Crippen molar-refractivity contribution >= 4 is 21.6 Å². The molecule has 0 atom stereocenters. The Labute approximate surface area is 121 Å². The number of anilines is 1. The third kappa shape index (κ3) is 2.81. The molecule has 0 saturated heterocycles. The summed E-state index contributed by atoms with van der Waals surface area (Å²) in [6, 6.07) is 13.6. The zero-order chi connectivity index (χ0) is 13.2. The van der Waals surface area contributed by atoms with E-state index in [-0.39, 0.29) is 5.82 Å². The van der Waals surface area contributed by atoms with Crippen LogP contribution in [0.4, 0.5) is 10.1 Å². The molecule has 0 N–H and O–H groups in total. The standard InChI is InChI=1S/C16H15BrFN/c17-14-8-12(9-15(18)10-14)11-19-7-3-5-13-4-1-2-6-16(13)19/h1-2,4,6,8-10H,3,5,7,11H2. The highest BCUT2D eigenvalue weighted by Crippen LogP contribution is 2.28. The first kappa shape index (κ1) is 12.7. The van der Waals surface area contributed by atoms with E-state index in [1.54, 1.807) is 6.07 Å². The second kappa shape index (κ2) is 5.33. The van der Waals surface area contributed by atoms with E-state index in [0.717, 1.165) is 36.0 Å².